The smallest absolute Gasteiger partial charge is 0.209 e. The van der Waals surface area contributed by atoms with E-state index in [0.29, 0.717) is 0 Å². The Balaban J connectivity index is 1.90. The van der Waals surface area contributed by atoms with E-state index >= 15 is 0 Å². The summed E-state index contributed by atoms with van der Waals surface area (Å²) in [5.74, 6) is 1.83. The summed E-state index contributed by atoms with van der Waals surface area (Å²) >= 11 is 1.61. The second-order valence-electron chi connectivity index (χ2n) is 3.96. The number of aromatic nitrogens is 6. The van der Waals surface area contributed by atoms with Crippen LogP contribution >= 0.6 is 11.8 Å². The molecule has 0 fully saturated rings. The molecule has 0 radical (unpaired) electrons. The van der Waals surface area contributed by atoms with E-state index in [1.807, 2.05) is 17.1 Å². The Morgan fingerprint density at radius 2 is 2.26 bits per heavy atom. The van der Waals surface area contributed by atoms with E-state index < -0.39 is 0 Å². The van der Waals surface area contributed by atoms with Gasteiger partial charge in [-0.1, -0.05) is 18.7 Å². The fourth-order valence-corrected chi connectivity index (χ4v) is 2.57. The molecule has 0 aromatic carbocycles. The molecule has 2 heterocycles. The lowest BCUT2D eigenvalue weighted by Crippen LogP contribution is -2.20. The molecular formula is C11H19N7S. The maximum absolute atomic E-state index is 4.34. The minimum atomic E-state index is 0.780. The van der Waals surface area contributed by atoms with Gasteiger partial charge >= 0.3 is 0 Å². The summed E-state index contributed by atoms with van der Waals surface area (Å²) in [7, 11) is 0. The van der Waals surface area contributed by atoms with Crippen molar-refractivity contribution >= 4 is 11.8 Å². The zero-order chi connectivity index (χ0) is 13.5. The minimum Gasteiger partial charge on any atom is -0.335 e. The molecule has 8 heteroatoms. The SMILES string of the molecule is CCNCCn1nnnc1SCc1nccn1CC. The predicted molar refractivity (Wildman–Crippen MR) is 73.8 cm³/mol. The molecule has 0 unspecified atom stereocenters. The first kappa shape index (κ1) is 14.0. The van der Waals surface area contributed by atoms with Crippen molar-refractivity contribution in [2.75, 3.05) is 13.1 Å². The number of likely N-dealkylation sites (N-methyl/N-ethyl adjacent to an activating group) is 1. The van der Waals surface area contributed by atoms with Gasteiger partial charge < -0.3 is 9.88 Å². The standard InChI is InChI=1S/C11H19N7S/c1-3-12-5-8-18-11(14-15-16-18)19-9-10-13-6-7-17(10)4-2/h6-7,12H,3-5,8-9H2,1-2H3. The Morgan fingerprint density at radius 1 is 1.37 bits per heavy atom. The van der Waals surface area contributed by atoms with Crippen molar-refractivity contribution in [3.05, 3.63) is 18.2 Å². The Morgan fingerprint density at radius 3 is 3.05 bits per heavy atom. The molecule has 0 saturated carbocycles. The summed E-state index contributed by atoms with van der Waals surface area (Å²) in [6.07, 6.45) is 3.82. The van der Waals surface area contributed by atoms with E-state index in [2.05, 4.69) is 44.2 Å². The summed E-state index contributed by atoms with van der Waals surface area (Å²) in [4.78, 5) is 4.34. The molecule has 0 saturated heterocycles. The highest BCUT2D eigenvalue weighted by atomic mass is 32.2. The summed E-state index contributed by atoms with van der Waals surface area (Å²) in [6.45, 7) is 7.74. The zero-order valence-electron chi connectivity index (χ0n) is 11.3. The van der Waals surface area contributed by atoms with E-state index in [9.17, 15) is 0 Å². The van der Waals surface area contributed by atoms with E-state index in [0.717, 1.165) is 42.9 Å². The first-order chi connectivity index (χ1) is 9.35. The number of hydrogen-bond acceptors (Lipinski definition) is 6. The number of hydrogen-bond donors (Lipinski definition) is 1. The summed E-state index contributed by atoms with van der Waals surface area (Å²) < 4.78 is 3.95. The van der Waals surface area contributed by atoms with Crippen LogP contribution in [0.3, 0.4) is 0 Å². The molecule has 1 N–H and O–H groups in total. The van der Waals surface area contributed by atoms with E-state index in [1.54, 1.807) is 11.8 Å². The lowest BCUT2D eigenvalue weighted by atomic mass is 10.6. The van der Waals surface area contributed by atoms with Crippen molar-refractivity contribution in [1.29, 1.82) is 0 Å². The number of thioether (sulfide) groups is 1. The molecule has 19 heavy (non-hydrogen) atoms. The topological polar surface area (TPSA) is 73.5 Å². The summed E-state index contributed by atoms with van der Waals surface area (Å²) in [5, 5.41) is 15.9. The summed E-state index contributed by atoms with van der Waals surface area (Å²) in [5.41, 5.74) is 0. The lowest BCUT2D eigenvalue weighted by molar-refractivity contribution is 0.517. The molecule has 0 aliphatic heterocycles. The van der Waals surface area contributed by atoms with E-state index in [4.69, 9.17) is 0 Å². The van der Waals surface area contributed by atoms with Crippen LogP contribution in [0.25, 0.3) is 0 Å². The van der Waals surface area contributed by atoms with Gasteiger partial charge in [0.15, 0.2) is 0 Å². The van der Waals surface area contributed by atoms with Crippen LogP contribution in [-0.4, -0.2) is 42.8 Å². The van der Waals surface area contributed by atoms with Crippen LogP contribution in [0, 0.1) is 0 Å². The molecule has 7 nitrogen and oxygen atoms in total. The molecule has 0 atom stereocenters. The highest BCUT2D eigenvalue weighted by Crippen LogP contribution is 2.18. The third kappa shape index (κ3) is 3.77. The summed E-state index contributed by atoms with van der Waals surface area (Å²) in [6, 6.07) is 0. The molecule has 2 rings (SSSR count). The predicted octanol–water partition coefficient (Wildman–Crippen LogP) is 0.791. The minimum absolute atomic E-state index is 0.780. The highest BCUT2D eigenvalue weighted by Gasteiger charge is 2.09. The zero-order valence-corrected chi connectivity index (χ0v) is 12.1. The van der Waals surface area contributed by atoms with Gasteiger partial charge in [0.2, 0.25) is 5.16 Å². The Labute approximate surface area is 116 Å². The average Bonchev–Trinajstić information content (AvgIpc) is 3.04. The first-order valence-electron chi connectivity index (χ1n) is 6.44. The second kappa shape index (κ2) is 7.25. The van der Waals surface area contributed by atoms with Crippen molar-refractivity contribution in [2.45, 2.75) is 37.8 Å². The van der Waals surface area contributed by atoms with Gasteiger partial charge in [-0.3, -0.25) is 0 Å². The van der Waals surface area contributed by atoms with E-state index in [1.165, 1.54) is 0 Å². The number of nitrogens with one attached hydrogen (secondary N) is 1. The first-order valence-corrected chi connectivity index (χ1v) is 7.43. The molecule has 0 aliphatic carbocycles. The largest absolute Gasteiger partial charge is 0.335 e. The normalized spacial score (nSPS) is 11.1. The lowest BCUT2D eigenvalue weighted by Gasteiger charge is -2.05. The van der Waals surface area contributed by atoms with Crippen LogP contribution in [-0.2, 0) is 18.8 Å². The van der Waals surface area contributed by atoms with Gasteiger partial charge in [0, 0.05) is 25.5 Å². The maximum Gasteiger partial charge on any atom is 0.209 e. The van der Waals surface area contributed by atoms with Crippen LogP contribution in [0.2, 0.25) is 0 Å². The highest BCUT2D eigenvalue weighted by molar-refractivity contribution is 7.98. The van der Waals surface area contributed by atoms with Crippen LogP contribution in [0.1, 0.15) is 19.7 Å². The third-order valence-electron chi connectivity index (χ3n) is 2.72. The Bertz CT molecular complexity index is 493. The quantitative estimate of drug-likeness (QED) is 0.570. The van der Waals surface area contributed by atoms with Crippen LogP contribution < -0.4 is 5.32 Å². The number of nitrogens with zero attached hydrogens (tertiary/aromatic N) is 6. The number of tetrazole rings is 1. The maximum atomic E-state index is 4.34. The van der Waals surface area contributed by atoms with Gasteiger partial charge in [0.1, 0.15) is 5.82 Å². The van der Waals surface area contributed by atoms with Crippen molar-refractivity contribution < 1.29 is 0 Å². The third-order valence-corrected chi connectivity index (χ3v) is 3.68. The second-order valence-corrected chi connectivity index (χ2v) is 4.90. The molecule has 0 amide bonds. The fourth-order valence-electron chi connectivity index (χ4n) is 1.70. The Hall–Kier alpha value is -1.41. The molecule has 0 bridgehead atoms. The monoisotopic (exact) mass is 281 g/mol. The van der Waals surface area contributed by atoms with Crippen LogP contribution in [0.15, 0.2) is 17.6 Å². The van der Waals surface area contributed by atoms with Gasteiger partial charge in [0.05, 0.1) is 12.3 Å². The van der Waals surface area contributed by atoms with Crippen molar-refractivity contribution in [3.8, 4) is 0 Å². The van der Waals surface area contributed by atoms with Gasteiger partial charge in [-0.2, -0.15) is 0 Å². The van der Waals surface area contributed by atoms with Gasteiger partial charge in [-0.15, -0.1) is 5.10 Å². The molecular weight excluding hydrogens is 262 g/mol. The molecule has 104 valence electrons. The molecule has 0 spiro atoms. The van der Waals surface area contributed by atoms with Crippen molar-refractivity contribution in [1.82, 2.24) is 35.1 Å². The van der Waals surface area contributed by atoms with Crippen LogP contribution in [0.4, 0.5) is 0 Å². The number of imidazole rings is 1. The van der Waals surface area contributed by atoms with Crippen molar-refractivity contribution in [3.63, 3.8) is 0 Å². The molecule has 0 aliphatic rings. The van der Waals surface area contributed by atoms with Crippen LogP contribution in [0.5, 0.6) is 0 Å². The fraction of sp³-hybridized carbons (Fsp3) is 0.636. The molecule has 2 aromatic heterocycles. The van der Waals surface area contributed by atoms with Gasteiger partial charge in [0.25, 0.3) is 0 Å². The van der Waals surface area contributed by atoms with Crippen molar-refractivity contribution in [2.24, 2.45) is 0 Å². The average molecular weight is 281 g/mol. The van der Waals surface area contributed by atoms with E-state index in [-0.39, 0.29) is 0 Å². The van der Waals surface area contributed by atoms with Gasteiger partial charge in [-0.25, -0.2) is 9.67 Å². The molecule has 2 aromatic rings. The number of rotatable bonds is 8. The van der Waals surface area contributed by atoms with Gasteiger partial charge in [-0.05, 0) is 23.9 Å². The Kier molecular flexibility index (Phi) is 5.34. The number of aryl methyl sites for hydroxylation is 1.